The molecule has 170 valence electrons. The molecule has 3 amide bonds. The quantitative estimate of drug-likeness (QED) is 0.767. The second-order valence-electron chi connectivity index (χ2n) is 10.1. The number of nitrogens with zero attached hydrogens (tertiary/aromatic N) is 2. The first-order valence-corrected chi connectivity index (χ1v) is 12.1. The summed E-state index contributed by atoms with van der Waals surface area (Å²) in [6.45, 7) is 8.51. The number of carbonyl (C=O) groups excluding carboxylic acids is 2. The van der Waals surface area contributed by atoms with Crippen LogP contribution in [0.4, 0.5) is 10.5 Å². The van der Waals surface area contributed by atoms with Gasteiger partial charge in [-0.05, 0) is 69.9 Å². The number of carbonyl (C=O) groups is 2. The van der Waals surface area contributed by atoms with Crippen molar-refractivity contribution in [1.29, 1.82) is 0 Å². The lowest BCUT2D eigenvalue weighted by molar-refractivity contribution is -0.126. The lowest BCUT2D eigenvalue weighted by atomic mass is 9.82. The summed E-state index contributed by atoms with van der Waals surface area (Å²) in [6.07, 6.45) is 6.51. The van der Waals surface area contributed by atoms with Gasteiger partial charge in [0.1, 0.15) is 0 Å². The van der Waals surface area contributed by atoms with Gasteiger partial charge in [0.2, 0.25) is 5.91 Å². The van der Waals surface area contributed by atoms with Gasteiger partial charge in [-0.2, -0.15) is 0 Å². The maximum Gasteiger partial charge on any atom is 0.322 e. The lowest BCUT2D eigenvalue weighted by Gasteiger charge is -2.31. The smallest absolute Gasteiger partial charge is 0.322 e. The molecule has 2 heterocycles. The molecule has 2 unspecified atom stereocenters. The zero-order chi connectivity index (χ0) is 22.0. The molecule has 2 N–H and O–H groups in total. The Morgan fingerprint density at radius 3 is 2.55 bits per heavy atom. The predicted octanol–water partition coefficient (Wildman–Crippen LogP) is 3.90. The number of anilines is 1. The summed E-state index contributed by atoms with van der Waals surface area (Å²) < 4.78 is 0. The Hall–Kier alpha value is -2.08. The van der Waals surface area contributed by atoms with Gasteiger partial charge in [0.05, 0.1) is 0 Å². The molecule has 1 saturated heterocycles. The van der Waals surface area contributed by atoms with Gasteiger partial charge in [-0.1, -0.05) is 25.1 Å². The Kier molecular flexibility index (Phi) is 6.85. The second-order valence-corrected chi connectivity index (χ2v) is 10.1. The van der Waals surface area contributed by atoms with Crippen molar-refractivity contribution in [2.45, 2.75) is 84.0 Å². The molecule has 0 spiro atoms. The van der Waals surface area contributed by atoms with Gasteiger partial charge in [0.25, 0.3) is 0 Å². The third kappa shape index (κ3) is 5.05. The molecule has 6 heteroatoms. The molecule has 0 bridgehead atoms. The fraction of sp³-hybridized carbons (Fsp3) is 0.680. The van der Waals surface area contributed by atoms with Gasteiger partial charge < -0.3 is 10.6 Å². The Bertz CT molecular complexity index is 787. The van der Waals surface area contributed by atoms with E-state index >= 15 is 0 Å². The van der Waals surface area contributed by atoms with E-state index in [0.29, 0.717) is 25.2 Å². The lowest BCUT2D eigenvalue weighted by Crippen LogP contribution is -2.49. The summed E-state index contributed by atoms with van der Waals surface area (Å²) in [4.78, 5) is 30.1. The van der Waals surface area contributed by atoms with Crippen LogP contribution in [0.15, 0.2) is 24.3 Å². The van der Waals surface area contributed by atoms with Gasteiger partial charge in [0, 0.05) is 49.4 Å². The molecule has 2 atom stereocenters. The van der Waals surface area contributed by atoms with Crippen LogP contribution < -0.4 is 15.5 Å². The Labute approximate surface area is 186 Å². The van der Waals surface area contributed by atoms with Crippen molar-refractivity contribution in [1.82, 2.24) is 15.5 Å². The van der Waals surface area contributed by atoms with Gasteiger partial charge in [-0.3, -0.25) is 14.6 Å². The summed E-state index contributed by atoms with van der Waals surface area (Å²) >= 11 is 0. The largest absolute Gasteiger partial charge is 0.354 e. The summed E-state index contributed by atoms with van der Waals surface area (Å²) in [6, 6.07) is 8.98. The molecule has 0 radical (unpaired) electrons. The monoisotopic (exact) mass is 426 g/mol. The first kappa shape index (κ1) is 22.1. The van der Waals surface area contributed by atoms with E-state index in [1.165, 1.54) is 18.4 Å². The minimum atomic E-state index is -0.0208. The van der Waals surface area contributed by atoms with E-state index in [-0.39, 0.29) is 23.9 Å². The maximum absolute atomic E-state index is 12.9. The number of nitrogens with one attached hydrogen (secondary N) is 2. The van der Waals surface area contributed by atoms with Gasteiger partial charge in [-0.25, -0.2) is 4.79 Å². The first-order chi connectivity index (χ1) is 14.9. The van der Waals surface area contributed by atoms with E-state index < -0.39 is 0 Å². The van der Waals surface area contributed by atoms with Crippen molar-refractivity contribution in [2.75, 3.05) is 18.0 Å². The van der Waals surface area contributed by atoms with E-state index in [0.717, 1.165) is 43.8 Å². The van der Waals surface area contributed by atoms with Crippen LogP contribution in [0.2, 0.25) is 0 Å². The van der Waals surface area contributed by atoms with E-state index in [9.17, 15) is 9.59 Å². The summed E-state index contributed by atoms with van der Waals surface area (Å²) in [5.74, 6) is 1.18. The van der Waals surface area contributed by atoms with Crippen molar-refractivity contribution in [3.05, 3.63) is 29.8 Å². The summed E-state index contributed by atoms with van der Waals surface area (Å²) in [5.41, 5.74) is 2.19. The number of hydrogen-bond acceptors (Lipinski definition) is 3. The summed E-state index contributed by atoms with van der Waals surface area (Å²) in [5, 5.41) is 6.34. The number of hydrogen-bond donors (Lipinski definition) is 2. The van der Waals surface area contributed by atoms with Gasteiger partial charge in [0.15, 0.2) is 0 Å². The van der Waals surface area contributed by atoms with Crippen LogP contribution in [0.1, 0.15) is 64.9 Å². The van der Waals surface area contributed by atoms with E-state index in [2.05, 4.69) is 40.7 Å². The van der Waals surface area contributed by atoms with Crippen molar-refractivity contribution in [2.24, 2.45) is 11.8 Å². The number of rotatable bonds is 4. The van der Waals surface area contributed by atoms with E-state index in [1.807, 2.05) is 24.8 Å². The molecule has 2 aliphatic heterocycles. The Morgan fingerprint density at radius 1 is 1.06 bits per heavy atom. The average Bonchev–Trinajstić information content (AvgIpc) is 3.03. The topological polar surface area (TPSA) is 64.7 Å². The first-order valence-electron chi connectivity index (χ1n) is 12.1. The highest BCUT2D eigenvalue weighted by molar-refractivity contribution is 5.93. The van der Waals surface area contributed by atoms with E-state index in [4.69, 9.17) is 0 Å². The Morgan fingerprint density at radius 2 is 1.81 bits per heavy atom. The second kappa shape index (κ2) is 9.60. The molecular formula is C25H38N4O2. The molecule has 1 aliphatic carbocycles. The van der Waals surface area contributed by atoms with Crippen molar-refractivity contribution < 1.29 is 9.59 Å². The van der Waals surface area contributed by atoms with Crippen molar-refractivity contribution in [3.8, 4) is 0 Å². The number of amides is 3. The molecular weight excluding hydrogens is 388 g/mol. The fourth-order valence-electron chi connectivity index (χ4n) is 5.50. The van der Waals surface area contributed by atoms with Crippen LogP contribution in [0, 0.1) is 11.8 Å². The average molecular weight is 427 g/mol. The van der Waals surface area contributed by atoms with Crippen LogP contribution in [-0.4, -0.2) is 48.1 Å². The number of urea groups is 1. The predicted molar refractivity (Wildman–Crippen MR) is 124 cm³/mol. The van der Waals surface area contributed by atoms with Crippen molar-refractivity contribution in [3.63, 3.8) is 0 Å². The molecule has 0 aromatic heterocycles. The van der Waals surface area contributed by atoms with E-state index in [1.54, 1.807) is 0 Å². The zero-order valence-electron chi connectivity index (χ0n) is 19.3. The normalized spacial score (nSPS) is 28.6. The van der Waals surface area contributed by atoms with Gasteiger partial charge >= 0.3 is 6.03 Å². The molecule has 1 aromatic rings. The molecule has 6 nitrogen and oxygen atoms in total. The molecule has 1 aromatic carbocycles. The highest BCUT2D eigenvalue weighted by Crippen LogP contribution is 2.34. The molecule has 31 heavy (non-hydrogen) atoms. The number of benzene rings is 1. The van der Waals surface area contributed by atoms with Crippen LogP contribution in [0.25, 0.3) is 0 Å². The highest BCUT2D eigenvalue weighted by Gasteiger charge is 2.39. The highest BCUT2D eigenvalue weighted by atomic mass is 16.2. The zero-order valence-corrected chi connectivity index (χ0v) is 19.3. The standard InChI is InChI=1S/C25H38N4O2/c1-17(2)27-25(31)29-16-22-13-12-21(28(22)15-20-6-4-5-7-23(20)29)14-26-24(30)19-10-8-18(3)9-11-19/h4-7,17-19,21-22H,8-16H2,1-3H3,(H,26,30)(H,27,31). The molecule has 4 rings (SSSR count). The Balaban J connectivity index is 1.43. The molecule has 2 fully saturated rings. The van der Waals surface area contributed by atoms with Crippen LogP contribution in [0.3, 0.4) is 0 Å². The van der Waals surface area contributed by atoms with Crippen LogP contribution >= 0.6 is 0 Å². The van der Waals surface area contributed by atoms with Gasteiger partial charge in [-0.15, -0.1) is 0 Å². The minimum Gasteiger partial charge on any atom is -0.354 e. The van der Waals surface area contributed by atoms with Crippen molar-refractivity contribution >= 4 is 17.6 Å². The van der Waals surface area contributed by atoms with Crippen LogP contribution in [0.5, 0.6) is 0 Å². The minimum absolute atomic E-state index is 0.0208. The third-order valence-corrected chi connectivity index (χ3v) is 7.36. The number of para-hydroxylation sites is 1. The van der Waals surface area contributed by atoms with Crippen LogP contribution in [-0.2, 0) is 11.3 Å². The molecule has 3 aliphatic rings. The number of fused-ring (bicyclic) bond motifs is 2. The SMILES string of the molecule is CC1CCC(C(=O)NCC2CCC3CN(C(=O)NC(C)C)c4ccccc4CN23)CC1. The molecule has 1 saturated carbocycles. The maximum atomic E-state index is 12.9. The fourth-order valence-corrected chi connectivity index (χ4v) is 5.50. The summed E-state index contributed by atoms with van der Waals surface area (Å²) in [7, 11) is 0. The third-order valence-electron chi connectivity index (χ3n) is 7.36.